The number of benzene rings is 11. The summed E-state index contributed by atoms with van der Waals surface area (Å²) < 4.78 is 0. The average molecular weight is 786 g/mol. The van der Waals surface area contributed by atoms with Gasteiger partial charge >= 0.3 is 0 Å². The molecule has 0 radical (unpaired) electrons. The van der Waals surface area contributed by atoms with Crippen molar-refractivity contribution in [1.29, 1.82) is 0 Å². The molecule has 0 saturated heterocycles. The lowest BCUT2D eigenvalue weighted by atomic mass is 9.70. The quantitative estimate of drug-likeness (QED) is 0.157. The fourth-order valence-corrected chi connectivity index (χ4v) is 11.2. The van der Waals surface area contributed by atoms with Gasteiger partial charge in [0.15, 0.2) is 0 Å². The largest absolute Gasteiger partial charge is 0.309 e. The smallest absolute Gasteiger partial charge is 0.0726 e. The highest BCUT2D eigenvalue weighted by atomic mass is 15.1. The molecule has 11 aromatic carbocycles. The SMILES string of the molecule is c1ccc(-c2ccccc2-c2ccccc2N(c2ccc3c4ccccc4c4ccccc4c3c2)c2cccc3c2-c2ccccc2C32c3ccccc3-c3ccccc32)cc1. The van der Waals surface area contributed by atoms with E-state index in [2.05, 4.69) is 241 Å². The monoisotopic (exact) mass is 785 g/mol. The van der Waals surface area contributed by atoms with Gasteiger partial charge in [0, 0.05) is 16.8 Å². The van der Waals surface area contributed by atoms with Crippen LogP contribution >= 0.6 is 0 Å². The summed E-state index contributed by atoms with van der Waals surface area (Å²) in [6, 6.07) is 87.9. The Morgan fingerprint density at radius 1 is 0.258 bits per heavy atom. The minimum Gasteiger partial charge on any atom is -0.309 e. The van der Waals surface area contributed by atoms with Gasteiger partial charge in [0.25, 0.3) is 0 Å². The van der Waals surface area contributed by atoms with Crippen LogP contribution in [0.25, 0.3) is 76.8 Å². The molecule has 2 aliphatic rings. The summed E-state index contributed by atoms with van der Waals surface area (Å²) >= 11 is 0. The predicted molar refractivity (Wildman–Crippen MR) is 261 cm³/mol. The molecule has 0 aliphatic heterocycles. The van der Waals surface area contributed by atoms with Crippen molar-refractivity contribution in [2.75, 3.05) is 4.90 Å². The third-order valence-electron chi connectivity index (χ3n) is 13.7. The van der Waals surface area contributed by atoms with Crippen LogP contribution in [0.3, 0.4) is 0 Å². The van der Waals surface area contributed by atoms with Crippen LogP contribution in [0.1, 0.15) is 22.3 Å². The van der Waals surface area contributed by atoms with Crippen LogP contribution < -0.4 is 4.90 Å². The van der Waals surface area contributed by atoms with E-state index in [1.807, 2.05) is 0 Å². The lowest BCUT2D eigenvalue weighted by Crippen LogP contribution is -2.26. The molecule has 0 aromatic heterocycles. The molecule has 62 heavy (non-hydrogen) atoms. The van der Waals surface area contributed by atoms with Crippen molar-refractivity contribution in [3.8, 4) is 44.5 Å². The Hall–Kier alpha value is -8.00. The van der Waals surface area contributed by atoms with E-state index in [4.69, 9.17) is 0 Å². The van der Waals surface area contributed by atoms with Crippen molar-refractivity contribution in [3.05, 3.63) is 259 Å². The topological polar surface area (TPSA) is 3.24 Å². The van der Waals surface area contributed by atoms with E-state index in [9.17, 15) is 0 Å². The Bertz CT molecular complexity index is 3520. The average Bonchev–Trinajstić information content (AvgIpc) is 3.83. The van der Waals surface area contributed by atoms with E-state index in [1.165, 1.54) is 99.1 Å². The number of hydrogen-bond acceptors (Lipinski definition) is 1. The number of anilines is 3. The molecule has 1 nitrogen and oxygen atoms in total. The highest BCUT2D eigenvalue weighted by molar-refractivity contribution is 6.26. The molecule has 1 heteroatoms. The first kappa shape index (κ1) is 34.8. The first-order chi connectivity index (χ1) is 30.8. The molecule has 0 unspecified atom stereocenters. The minimum absolute atomic E-state index is 0.460. The predicted octanol–water partition coefficient (Wildman–Crippen LogP) is 16.3. The lowest BCUT2D eigenvalue weighted by Gasteiger charge is -2.32. The molecular formula is C61H39N. The normalized spacial score (nSPS) is 13.0. The van der Waals surface area contributed by atoms with Crippen LogP contribution in [0, 0.1) is 0 Å². The van der Waals surface area contributed by atoms with E-state index in [0.717, 1.165) is 17.1 Å². The summed E-state index contributed by atoms with van der Waals surface area (Å²) in [5.41, 5.74) is 18.2. The van der Waals surface area contributed by atoms with Gasteiger partial charge in [0.05, 0.1) is 16.8 Å². The summed E-state index contributed by atoms with van der Waals surface area (Å²) in [5.74, 6) is 0. The van der Waals surface area contributed by atoms with E-state index >= 15 is 0 Å². The molecule has 13 rings (SSSR count). The Labute approximate surface area is 361 Å². The van der Waals surface area contributed by atoms with Gasteiger partial charge in [-0.05, 0) is 112 Å². The molecular weight excluding hydrogens is 747 g/mol. The van der Waals surface area contributed by atoms with Gasteiger partial charge in [-0.15, -0.1) is 0 Å². The Morgan fingerprint density at radius 3 is 1.34 bits per heavy atom. The van der Waals surface area contributed by atoms with Gasteiger partial charge in [0.1, 0.15) is 0 Å². The Morgan fingerprint density at radius 2 is 0.694 bits per heavy atom. The van der Waals surface area contributed by atoms with Crippen molar-refractivity contribution in [1.82, 2.24) is 0 Å². The second-order valence-electron chi connectivity index (χ2n) is 16.7. The van der Waals surface area contributed by atoms with Crippen molar-refractivity contribution >= 4 is 49.4 Å². The zero-order valence-electron chi connectivity index (χ0n) is 34.0. The number of fused-ring (bicyclic) bond motifs is 16. The third-order valence-corrected chi connectivity index (χ3v) is 13.7. The van der Waals surface area contributed by atoms with Crippen LogP contribution in [0.15, 0.2) is 237 Å². The van der Waals surface area contributed by atoms with Crippen LogP contribution in [-0.2, 0) is 5.41 Å². The highest BCUT2D eigenvalue weighted by Gasteiger charge is 2.52. The van der Waals surface area contributed by atoms with Gasteiger partial charge in [-0.3, -0.25) is 0 Å². The number of para-hydroxylation sites is 1. The van der Waals surface area contributed by atoms with Crippen molar-refractivity contribution in [3.63, 3.8) is 0 Å². The van der Waals surface area contributed by atoms with Crippen LogP contribution in [0.5, 0.6) is 0 Å². The maximum Gasteiger partial charge on any atom is 0.0726 e. The molecule has 288 valence electrons. The molecule has 0 fully saturated rings. The van der Waals surface area contributed by atoms with Gasteiger partial charge in [-0.25, -0.2) is 0 Å². The van der Waals surface area contributed by atoms with Crippen LogP contribution in [-0.4, -0.2) is 0 Å². The number of nitrogens with zero attached hydrogens (tertiary/aromatic N) is 1. The van der Waals surface area contributed by atoms with Gasteiger partial charge in [-0.2, -0.15) is 0 Å². The summed E-state index contributed by atoms with van der Waals surface area (Å²) in [6.45, 7) is 0. The Kier molecular flexibility index (Phi) is 7.59. The van der Waals surface area contributed by atoms with Crippen LogP contribution in [0.2, 0.25) is 0 Å². The Balaban J connectivity index is 1.15. The highest BCUT2D eigenvalue weighted by Crippen LogP contribution is 2.65. The molecule has 1 spiro atoms. The molecule has 0 amide bonds. The number of hydrogen-bond donors (Lipinski definition) is 0. The van der Waals surface area contributed by atoms with Gasteiger partial charge < -0.3 is 4.90 Å². The first-order valence-corrected chi connectivity index (χ1v) is 21.6. The van der Waals surface area contributed by atoms with Crippen LogP contribution in [0.4, 0.5) is 17.1 Å². The van der Waals surface area contributed by atoms with Gasteiger partial charge in [0.2, 0.25) is 0 Å². The standard InChI is InChI=1S/C61H39N/c1-2-19-40(20-3-1)42-21-4-5-22-43(42)51-29-13-17-35-58(51)62(41-37-38-48-46-25-7-6-23-44(46)45-24-8-9-26-47(45)53(48)39-41)59-36-18-34-57-60(59)52-30-12-16-33-56(52)61(57)54-31-14-10-27-49(54)50-28-11-15-32-55(50)61/h1-39H. The molecule has 11 aromatic rings. The summed E-state index contributed by atoms with van der Waals surface area (Å²) in [6.07, 6.45) is 0. The minimum atomic E-state index is -0.460. The fourth-order valence-electron chi connectivity index (χ4n) is 11.2. The maximum absolute atomic E-state index is 2.56. The van der Waals surface area contributed by atoms with E-state index < -0.39 is 5.41 Å². The summed E-state index contributed by atoms with van der Waals surface area (Å²) in [5, 5.41) is 7.58. The molecule has 0 N–H and O–H groups in total. The molecule has 2 aliphatic carbocycles. The first-order valence-electron chi connectivity index (χ1n) is 21.6. The number of rotatable bonds is 5. The third kappa shape index (κ3) is 4.79. The van der Waals surface area contributed by atoms with E-state index in [1.54, 1.807) is 0 Å². The van der Waals surface area contributed by atoms with E-state index in [0.29, 0.717) is 0 Å². The van der Waals surface area contributed by atoms with Gasteiger partial charge in [-0.1, -0.05) is 212 Å². The maximum atomic E-state index is 2.56. The second kappa shape index (κ2) is 13.5. The molecule has 0 atom stereocenters. The van der Waals surface area contributed by atoms with Crippen molar-refractivity contribution in [2.45, 2.75) is 5.41 Å². The summed E-state index contributed by atoms with van der Waals surface area (Å²) in [7, 11) is 0. The lowest BCUT2D eigenvalue weighted by molar-refractivity contribution is 0.794. The zero-order valence-corrected chi connectivity index (χ0v) is 34.0. The van der Waals surface area contributed by atoms with E-state index in [-0.39, 0.29) is 0 Å². The second-order valence-corrected chi connectivity index (χ2v) is 16.7. The summed E-state index contributed by atoms with van der Waals surface area (Å²) in [4.78, 5) is 2.56. The van der Waals surface area contributed by atoms with Crippen molar-refractivity contribution < 1.29 is 0 Å². The molecule has 0 bridgehead atoms. The molecule has 0 heterocycles. The molecule has 0 saturated carbocycles. The fraction of sp³-hybridized carbons (Fsp3) is 0.0164. The zero-order chi connectivity index (χ0) is 40.8. The van der Waals surface area contributed by atoms with Crippen molar-refractivity contribution in [2.24, 2.45) is 0 Å².